The molecule has 0 spiro atoms. The van der Waals surface area contributed by atoms with Crippen molar-refractivity contribution in [1.82, 2.24) is 10.3 Å². The number of hydrogen-bond acceptors (Lipinski definition) is 3. The summed E-state index contributed by atoms with van der Waals surface area (Å²) in [6.07, 6.45) is 1.04. The van der Waals surface area contributed by atoms with E-state index in [-0.39, 0.29) is 11.3 Å². The van der Waals surface area contributed by atoms with Gasteiger partial charge < -0.3 is 10.4 Å². The highest BCUT2D eigenvalue weighted by molar-refractivity contribution is 5.27. The largest absolute Gasteiger partial charge is 0.506 e. The standard InChI is InChI=1S/C12H20N2O/c1-5-12(3,4)13-8-10-11(15)7-6-9(2)14-10/h6-7,13,15H,5,8H2,1-4H3. The van der Waals surface area contributed by atoms with Gasteiger partial charge in [-0.25, -0.2) is 0 Å². The lowest BCUT2D eigenvalue weighted by Crippen LogP contribution is -2.38. The summed E-state index contributed by atoms with van der Waals surface area (Å²) in [5.41, 5.74) is 1.73. The zero-order valence-electron chi connectivity index (χ0n) is 9.96. The topological polar surface area (TPSA) is 45.2 Å². The lowest BCUT2D eigenvalue weighted by Gasteiger charge is -2.24. The van der Waals surface area contributed by atoms with Gasteiger partial charge in [-0.15, -0.1) is 0 Å². The number of pyridine rings is 1. The van der Waals surface area contributed by atoms with Crippen LogP contribution in [0, 0.1) is 6.92 Å². The molecule has 1 aromatic rings. The van der Waals surface area contributed by atoms with E-state index < -0.39 is 0 Å². The van der Waals surface area contributed by atoms with Gasteiger partial charge in [0.05, 0.1) is 5.69 Å². The summed E-state index contributed by atoms with van der Waals surface area (Å²) in [5, 5.41) is 13.0. The molecule has 0 aliphatic heterocycles. The predicted molar refractivity (Wildman–Crippen MR) is 61.8 cm³/mol. The molecule has 1 aromatic heterocycles. The Morgan fingerprint density at radius 2 is 2.07 bits per heavy atom. The van der Waals surface area contributed by atoms with Crippen LogP contribution in [0.25, 0.3) is 0 Å². The Bertz CT molecular complexity index is 334. The molecule has 0 unspecified atom stereocenters. The fourth-order valence-corrected chi connectivity index (χ4v) is 1.18. The second-order valence-electron chi connectivity index (χ2n) is 4.51. The maximum absolute atomic E-state index is 9.60. The van der Waals surface area contributed by atoms with Crippen molar-refractivity contribution in [2.24, 2.45) is 0 Å². The van der Waals surface area contributed by atoms with Gasteiger partial charge in [-0.3, -0.25) is 4.98 Å². The molecule has 0 fully saturated rings. The molecule has 0 radical (unpaired) electrons. The molecule has 0 saturated heterocycles. The van der Waals surface area contributed by atoms with Gasteiger partial charge in [0.15, 0.2) is 0 Å². The maximum atomic E-state index is 9.60. The van der Waals surface area contributed by atoms with Crippen LogP contribution in [0.3, 0.4) is 0 Å². The molecule has 3 nitrogen and oxygen atoms in total. The van der Waals surface area contributed by atoms with E-state index in [4.69, 9.17) is 0 Å². The van der Waals surface area contributed by atoms with Gasteiger partial charge in [-0.1, -0.05) is 6.92 Å². The molecule has 1 heterocycles. The average Bonchev–Trinajstić information content (AvgIpc) is 2.20. The second kappa shape index (κ2) is 4.62. The molecule has 84 valence electrons. The first-order valence-electron chi connectivity index (χ1n) is 5.35. The number of aromatic hydroxyl groups is 1. The van der Waals surface area contributed by atoms with Crippen LogP contribution in [0.4, 0.5) is 0 Å². The molecule has 3 heteroatoms. The van der Waals surface area contributed by atoms with E-state index in [1.807, 2.05) is 13.0 Å². The van der Waals surface area contributed by atoms with Crippen LogP contribution in [0.5, 0.6) is 5.75 Å². The average molecular weight is 208 g/mol. The van der Waals surface area contributed by atoms with E-state index in [2.05, 4.69) is 31.1 Å². The predicted octanol–water partition coefficient (Wildman–Crippen LogP) is 2.37. The van der Waals surface area contributed by atoms with Crippen molar-refractivity contribution < 1.29 is 5.11 Å². The van der Waals surface area contributed by atoms with E-state index in [9.17, 15) is 5.11 Å². The molecular weight excluding hydrogens is 188 g/mol. The minimum Gasteiger partial charge on any atom is -0.506 e. The van der Waals surface area contributed by atoms with Crippen molar-refractivity contribution in [3.63, 3.8) is 0 Å². The van der Waals surface area contributed by atoms with Crippen molar-refractivity contribution in [2.75, 3.05) is 0 Å². The van der Waals surface area contributed by atoms with Gasteiger partial charge in [0.25, 0.3) is 0 Å². The molecule has 0 amide bonds. The van der Waals surface area contributed by atoms with E-state index >= 15 is 0 Å². The molecule has 0 aliphatic carbocycles. The molecule has 2 N–H and O–H groups in total. The second-order valence-corrected chi connectivity index (χ2v) is 4.51. The molecular formula is C12H20N2O. The van der Waals surface area contributed by atoms with Gasteiger partial charge in [-0.2, -0.15) is 0 Å². The number of nitrogens with zero attached hydrogens (tertiary/aromatic N) is 1. The Labute approximate surface area is 91.5 Å². The summed E-state index contributed by atoms with van der Waals surface area (Å²) in [7, 11) is 0. The first-order chi connectivity index (χ1) is 6.94. The summed E-state index contributed by atoms with van der Waals surface area (Å²) < 4.78 is 0. The molecule has 15 heavy (non-hydrogen) atoms. The zero-order valence-corrected chi connectivity index (χ0v) is 9.96. The normalized spacial score (nSPS) is 11.7. The van der Waals surface area contributed by atoms with Crippen LogP contribution in [0.1, 0.15) is 38.6 Å². The van der Waals surface area contributed by atoms with Gasteiger partial charge >= 0.3 is 0 Å². The molecule has 0 aromatic carbocycles. The summed E-state index contributed by atoms with van der Waals surface area (Å²) in [6.45, 7) is 8.94. The zero-order chi connectivity index (χ0) is 11.5. The monoisotopic (exact) mass is 208 g/mol. The molecule has 0 saturated carbocycles. The van der Waals surface area contributed by atoms with Gasteiger partial charge in [0.2, 0.25) is 0 Å². The minimum absolute atomic E-state index is 0.0812. The lowest BCUT2D eigenvalue weighted by molar-refractivity contribution is 0.366. The smallest absolute Gasteiger partial charge is 0.138 e. The van der Waals surface area contributed by atoms with Gasteiger partial charge in [0.1, 0.15) is 5.75 Å². The third kappa shape index (κ3) is 3.51. The molecule has 0 bridgehead atoms. The highest BCUT2D eigenvalue weighted by Crippen LogP contribution is 2.16. The van der Waals surface area contributed by atoms with Crippen LogP contribution in [0.15, 0.2) is 12.1 Å². The van der Waals surface area contributed by atoms with Crippen LogP contribution < -0.4 is 5.32 Å². The van der Waals surface area contributed by atoms with E-state index in [0.29, 0.717) is 6.54 Å². The number of rotatable bonds is 4. The van der Waals surface area contributed by atoms with Crippen molar-refractivity contribution in [1.29, 1.82) is 0 Å². The van der Waals surface area contributed by atoms with Crippen LogP contribution in [0.2, 0.25) is 0 Å². The van der Waals surface area contributed by atoms with Crippen LogP contribution in [-0.4, -0.2) is 15.6 Å². The third-order valence-electron chi connectivity index (χ3n) is 2.71. The van der Waals surface area contributed by atoms with Gasteiger partial charge in [-0.05, 0) is 39.3 Å². The van der Waals surface area contributed by atoms with Crippen molar-refractivity contribution in [2.45, 2.75) is 46.2 Å². The maximum Gasteiger partial charge on any atom is 0.138 e. The molecule has 0 aliphatic rings. The first-order valence-corrected chi connectivity index (χ1v) is 5.35. The summed E-state index contributed by atoms with van der Waals surface area (Å²) in [6, 6.07) is 3.50. The van der Waals surface area contributed by atoms with E-state index in [1.165, 1.54) is 0 Å². The first kappa shape index (κ1) is 12.0. The van der Waals surface area contributed by atoms with Crippen molar-refractivity contribution in [3.8, 4) is 5.75 Å². The summed E-state index contributed by atoms with van der Waals surface area (Å²) in [4.78, 5) is 4.30. The Morgan fingerprint density at radius 3 is 2.67 bits per heavy atom. The fraction of sp³-hybridized carbons (Fsp3) is 0.583. The summed E-state index contributed by atoms with van der Waals surface area (Å²) >= 11 is 0. The van der Waals surface area contributed by atoms with Crippen molar-refractivity contribution in [3.05, 3.63) is 23.5 Å². The highest BCUT2D eigenvalue weighted by Gasteiger charge is 2.14. The van der Waals surface area contributed by atoms with E-state index in [0.717, 1.165) is 17.8 Å². The number of aryl methyl sites for hydroxylation is 1. The highest BCUT2D eigenvalue weighted by atomic mass is 16.3. The van der Waals surface area contributed by atoms with Crippen molar-refractivity contribution >= 4 is 0 Å². The van der Waals surface area contributed by atoms with Gasteiger partial charge in [0, 0.05) is 17.8 Å². The lowest BCUT2D eigenvalue weighted by atomic mass is 10.0. The number of nitrogens with one attached hydrogen (secondary N) is 1. The summed E-state index contributed by atoms with van der Waals surface area (Å²) in [5.74, 6) is 0.264. The Morgan fingerprint density at radius 1 is 1.40 bits per heavy atom. The Balaban J connectivity index is 2.69. The molecule has 1 rings (SSSR count). The number of hydrogen-bond donors (Lipinski definition) is 2. The number of aromatic nitrogens is 1. The quantitative estimate of drug-likeness (QED) is 0.798. The SMILES string of the molecule is CCC(C)(C)NCc1nc(C)ccc1O. The third-order valence-corrected chi connectivity index (χ3v) is 2.71. The minimum atomic E-state index is 0.0812. The van der Waals surface area contributed by atoms with E-state index in [1.54, 1.807) is 6.07 Å². The Hall–Kier alpha value is -1.09. The van der Waals surface area contributed by atoms with Crippen LogP contribution >= 0.6 is 0 Å². The van der Waals surface area contributed by atoms with Crippen LogP contribution in [-0.2, 0) is 6.54 Å². The Kier molecular flexibility index (Phi) is 3.69. The molecule has 0 atom stereocenters. The fourth-order valence-electron chi connectivity index (χ4n) is 1.18.